The number of halogens is 1. The van der Waals surface area contributed by atoms with Crippen molar-refractivity contribution in [1.29, 1.82) is 0 Å². The summed E-state index contributed by atoms with van der Waals surface area (Å²) in [4.78, 5) is 5.77. The Kier molecular flexibility index (Phi) is 4.36. The van der Waals surface area contributed by atoms with E-state index in [1.165, 1.54) is 4.88 Å². The molecule has 0 aliphatic carbocycles. The second-order valence-electron chi connectivity index (χ2n) is 3.70. The largest absolute Gasteiger partial charge is 0.334 e. The highest BCUT2D eigenvalue weighted by atomic mass is 79.9. The maximum Gasteiger partial charge on any atom is 0.131 e. The second kappa shape index (κ2) is 5.80. The van der Waals surface area contributed by atoms with Gasteiger partial charge >= 0.3 is 0 Å². The molecular formula is C12H16BrN3S. The van der Waals surface area contributed by atoms with Crippen molar-refractivity contribution >= 4 is 27.3 Å². The number of thiophene rings is 1. The van der Waals surface area contributed by atoms with E-state index in [-0.39, 0.29) is 6.04 Å². The van der Waals surface area contributed by atoms with E-state index >= 15 is 0 Å². The van der Waals surface area contributed by atoms with Crippen LogP contribution in [0.3, 0.4) is 0 Å². The van der Waals surface area contributed by atoms with Crippen LogP contribution >= 0.6 is 27.3 Å². The van der Waals surface area contributed by atoms with Crippen molar-refractivity contribution in [3.05, 3.63) is 39.0 Å². The van der Waals surface area contributed by atoms with Crippen molar-refractivity contribution < 1.29 is 0 Å². The summed E-state index contributed by atoms with van der Waals surface area (Å²) in [5.74, 6) is 1.09. The number of nitrogens with one attached hydrogen (secondary N) is 1. The Morgan fingerprint density at radius 2 is 2.29 bits per heavy atom. The number of hydrogen-bond acceptors (Lipinski definition) is 3. The first-order valence-electron chi connectivity index (χ1n) is 5.75. The zero-order chi connectivity index (χ0) is 12.3. The lowest BCUT2D eigenvalue weighted by atomic mass is 10.2. The Hall–Kier alpha value is -0.650. The predicted molar refractivity (Wildman–Crippen MR) is 75.4 cm³/mol. The normalized spacial score (nSPS) is 12.9. The monoisotopic (exact) mass is 313 g/mol. The van der Waals surface area contributed by atoms with Gasteiger partial charge in [0, 0.05) is 23.8 Å². The van der Waals surface area contributed by atoms with Crippen LogP contribution < -0.4 is 5.32 Å². The number of hydrogen-bond donors (Lipinski definition) is 1. The number of rotatable bonds is 5. The van der Waals surface area contributed by atoms with Gasteiger partial charge in [0.15, 0.2) is 0 Å². The van der Waals surface area contributed by atoms with Crippen LogP contribution in [-0.2, 0) is 6.54 Å². The summed E-state index contributed by atoms with van der Waals surface area (Å²) in [6.45, 7) is 6.13. The Bertz CT molecular complexity index is 478. The summed E-state index contributed by atoms with van der Waals surface area (Å²) in [7, 11) is 0. The first-order valence-corrected chi connectivity index (χ1v) is 7.36. The van der Waals surface area contributed by atoms with Gasteiger partial charge in [-0.25, -0.2) is 4.98 Å². The highest BCUT2D eigenvalue weighted by molar-refractivity contribution is 9.11. The molecule has 0 aromatic carbocycles. The average molecular weight is 314 g/mol. The summed E-state index contributed by atoms with van der Waals surface area (Å²) in [6, 6.07) is 4.42. The Labute approximate surface area is 114 Å². The lowest BCUT2D eigenvalue weighted by molar-refractivity contribution is 0.565. The summed E-state index contributed by atoms with van der Waals surface area (Å²) < 4.78 is 3.34. The topological polar surface area (TPSA) is 29.9 Å². The molecule has 2 aromatic heterocycles. The minimum absolute atomic E-state index is 0.186. The average Bonchev–Trinajstić information content (AvgIpc) is 2.94. The Morgan fingerprint density at radius 1 is 1.47 bits per heavy atom. The highest BCUT2D eigenvalue weighted by Crippen LogP contribution is 2.30. The molecule has 2 rings (SSSR count). The lowest BCUT2D eigenvalue weighted by Gasteiger charge is -2.17. The van der Waals surface area contributed by atoms with Crippen molar-refractivity contribution in [3.63, 3.8) is 0 Å². The van der Waals surface area contributed by atoms with Gasteiger partial charge in [-0.15, -0.1) is 11.3 Å². The molecule has 1 N–H and O–H groups in total. The third kappa shape index (κ3) is 2.78. The van der Waals surface area contributed by atoms with Crippen LogP contribution in [0.25, 0.3) is 0 Å². The van der Waals surface area contributed by atoms with Gasteiger partial charge in [0.1, 0.15) is 11.9 Å². The molecule has 17 heavy (non-hydrogen) atoms. The summed E-state index contributed by atoms with van der Waals surface area (Å²) >= 11 is 5.27. The number of aromatic nitrogens is 2. The Morgan fingerprint density at radius 3 is 2.88 bits per heavy atom. The van der Waals surface area contributed by atoms with Crippen LogP contribution in [-0.4, -0.2) is 16.1 Å². The highest BCUT2D eigenvalue weighted by Gasteiger charge is 2.19. The molecule has 92 valence electrons. The van der Waals surface area contributed by atoms with Gasteiger partial charge in [0.05, 0.1) is 3.79 Å². The molecule has 0 saturated carbocycles. The van der Waals surface area contributed by atoms with E-state index in [9.17, 15) is 0 Å². The van der Waals surface area contributed by atoms with Crippen molar-refractivity contribution in [2.75, 3.05) is 6.54 Å². The van der Waals surface area contributed by atoms with E-state index in [2.05, 4.69) is 56.8 Å². The standard InChI is InChI=1S/C12H16BrN3S/c1-3-14-11(9-5-6-10(13)17-9)12-15-7-8-16(12)4-2/h5-8,11,14H,3-4H2,1-2H3. The molecule has 0 radical (unpaired) electrons. The van der Waals surface area contributed by atoms with E-state index < -0.39 is 0 Å². The fourth-order valence-corrected chi connectivity index (χ4v) is 3.35. The van der Waals surface area contributed by atoms with E-state index in [1.807, 2.05) is 12.4 Å². The Balaban J connectivity index is 2.35. The zero-order valence-corrected chi connectivity index (χ0v) is 12.4. The number of nitrogens with zero attached hydrogens (tertiary/aromatic N) is 2. The SMILES string of the molecule is CCNC(c1ccc(Br)s1)c1nccn1CC. The zero-order valence-electron chi connectivity index (χ0n) is 9.98. The van der Waals surface area contributed by atoms with Crippen molar-refractivity contribution in [2.24, 2.45) is 0 Å². The molecule has 0 spiro atoms. The summed E-state index contributed by atoms with van der Waals surface area (Å²) in [5.41, 5.74) is 0. The van der Waals surface area contributed by atoms with E-state index in [1.54, 1.807) is 11.3 Å². The van der Waals surface area contributed by atoms with E-state index in [4.69, 9.17) is 0 Å². The fourth-order valence-electron chi connectivity index (χ4n) is 1.86. The van der Waals surface area contributed by atoms with Gasteiger partial charge in [-0.05, 0) is 41.5 Å². The lowest BCUT2D eigenvalue weighted by Crippen LogP contribution is -2.24. The van der Waals surface area contributed by atoms with Crippen LogP contribution in [0.1, 0.15) is 30.6 Å². The number of aryl methyl sites for hydroxylation is 1. The molecule has 1 unspecified atom stereocenters. The van der Waals surface area contributed by atoms with Gasteiger partial charge in [-0.3, -0.25) is 0 Å². The predicted octanol–water partition coefficient (Wildman–Crippen LogP) is 3.43. The maximum atomic E-state index is 4.48. The molecule has 0 amide bonds. The molecule has 0 aliphatic heterocycles. The van der Waals surface area contributed by atoms with E-state index in [0.29, 0.717) is 0 Å². The first kappa shape index (κ1) is 12.8. The van der Waals surface area contributed by atoms with E-state index in [0.717, 1.165) is 22.7 Å². The maximum absolute atomic E-state index is 4.48. The van der Waals surface area contributed by atoms with Crippen LogP contribution in [0.2, 0.25) is 0 Å². The smallest absolute Gasteiger partial charge is 0.131 e. The van der Waals surface area contributed by atoms with Gasteiger partial charge in [0.25, 0.3) is 0 Å². The third-order valence-corrected chi connectivity index (χ3v) is 4.32. The van der Waals surface area contributed by atoms with Crippen molar-refractivity contribution in [1.82, 2.24) is 14.9 Å². The molecule has 0 saturated heterocycles. The molecule has 0 fully saturated rings. The molecular weight excluding hydrogens is 298 g/mol. The molecule has 2 heterocycles. The molecule has 2 aromatic rings. The van der Waals surface area contributed by atoms with Crippen LogP contribution in [0.4, 0.5) is 0 Å². The van der Waals surface area contributed by atoms with Crippen LogP contribution in [0, 0.1) is 0 Å². The minimum atomic E-state index is 0.186. The van der Waals surface area contributed by atoms with Crippen LogP contribution in [0.5, 0.6) is 0 Å². The molecule has 0 aliphatic rings. The van der Waals surface area contributed by atoms with Crippen LogP contribution in [0.15, 0.2) is 28.3 Å². The fraction of sp³-hybridized carbons (Fsp3) is 0.417. The van der Waals surface area contributed by atoms with Gasteiger partial charge in [-0.1, -0.05) is 6.92 Å². The molecule has 1 atom stereocenters. The van der Waals surface area contributed by atoms with Gasteiger partial charge < -0.3 is 9.88 Å². The molecule has 3 nitrogen and oxygen atoms in total. The third-order valence-electron chi connectivity index (χ3n) is 2.63. The van der Waals surface area contributed by atoms with Gasteiger partial charge in [0.2, 0.25) is 0 Å². The van der Waals surface area contributed by atoms with Crippen molar-refractivity contribution in [2.45, 2.75) is 26.4 Å². The summed E-state index contributed by atoms with van der Waals surface area (Å²) in [5, 5.41) is 3.50. The van der Waals surface area contributed by atoms with Crippen molar-refractivity contribution in [3.8, 4) is 0 Å². The first-order chi connectivity index (χ1) is 8.26. The second-order valence-corrected chi connectivity index (χ2v) is 6.20. The summed E-state index contributed by atoms with van der Waals surface area (Å²) in [6.07, 6.45) is 3.90. The molecule has 0 bridgehead atoms. The molecule has 5 heteroatoms. The quantitative estimate of drug-likeness (QED) is 0.916. The van der Waals surface area contributed by atoms with Gasteiger partial charge in [-0.2, -0.15) is 0 Å². The number of imidazole rings is 1. The minimum Gasteiger partial charge on any atom is -0.334 e.